The number of urea groups is 1. The van der Waals surface area contributed by atoms with Gasteiger partial charge in [-0.2, -0.15) is 13.2 Å². The minimum atomic E-state index is -4.48. The molecule has 1 saturated heterocycles. The van der Waals surface area contributed by atoms with Gasteiger partial charge in [0.2, 0.25) is 0 Å². The van der Waals surface area contributed by atoms with E-state index in [0.29, 0.717) is 18.7 Å². The van der Waals surface area contributed by atoms with Gasteiger partial charge in [-0.05, 0) is 31.0 Å². The van der Waals surface area contributed by atoms with E-state index in [4.69, 9.17) is 0 Å². The second kappa shape index (κ2) is 6.66. The van der Waals surface area contributed by atoms with Gasteiger partial charge >= 0.3 is 12.2 Å². The maximum absolute atomic E-state index is 12.9. The molecule has 8 heteroatoms. The highest BCUT2D eigenvalue weighted by Gasteiger charge is 2.32. The van der Waals surface area contributed by atoms with Crippen LogP contribution in [0.15, 0.2) is 18.2 Å². The number of rotatable bonds is 3. The highest BCUT2D eigenvalue weighted by molar-refractivity contribution is 5.93. The zero-order valence-electron chi connectivity index (χ0n) is 13.0. The molecule has 1 aromatic rings. The molecule has 2 rings (SSSR count). The molecule has 1 aliphatic heterocycles. The molecule has 2 N–H and O–H groups in total. The molecule has 128 valence electrons. The van der Waals surface area contributed by atoms with E-state index >= 15 is 0 Å². The topological polar surface area (TPSA) is 55.8 Å². The van der Waals surface area contributed by atoms with Crippen molar-refractivity contribution in [3.05, 3.63) is 23.8 Å². The maximum atomic E-state index is 12.9. The summed E-state index contributed by atoms with van der Waals surface area (Å²) < 4.78 is 38.7. The molecule has 1 aromatic carbocycles. The first-order chi connectivity index (χ1) is 10.7. The fourth-order valence-electron chi connectivity index (χ4n) is 2.68. The molecule has 0 spiro atoms. The maximum Gasteiger partial charge on any atom is 0.416 e. The number of nitrogens with zero attached hydrogens (tertiary/aromatic N) is 2. The molecule has 0 radical (unpaired) electrons. The fourth-order valence-corrected chi connectivity index (χ4v) is 2.68. The third kappa shape index (κ3) is 3.87. The summed E-state index contributed by atoms with van der Waals surface area (Å²) in [6.45, 7) is 0.323. The van der Waals surface area contributed by atoms with Gasteiger partial charge < -0.3 is 20.2 Å². The molecule has 5 nitrogen and oxygen atoms in total. The van der Waals surface area contributed by atoms with E-state index in [1.165, 1.54) is 11.0 Å². The first kappa shape index (κ1) is 17.4. The first-order valence-electron chi connectivity index (χ1n) is 7.31. The van der Waals surface area contributed by atoms with Crippen LogP contribution in [0.1, 0.15) is 18.4 Å². The van der Waals surface area contributed by atoms with Crippen LogP contribution < -0.4 is 10.2 Å². The number of nitrogens with one attached hydrogen (secondary N) is 1. The lowest BCUT2D eigenvalue weighted by molar-refractivity contribution is -0.137. The van der Waals surface area contributed by atoms with Crippen molar-refractivity contribution >= 4 is 17.4 Å². The summed E-state index contributed by atoms with van der Waals surface area (Å²) in [6, 6.07) is 2.45. The van der Waals surface area contributed by atoms with Gasteiger partial charge in [-0.3, -0.25) is 0 Å². The second-order valence-corrected chi connectivity index (χ2v) is 5.73. The molecule has 1 aliphatic rings. The summed E-state index contributed by atoms with van der Waals surface area (Å²) in [4.78, 5) is 15.4. The molecule has 0 aromatic heterocycles. The van der Waals surface area contributed by atoms with E-state index in [9.17, 15) is 23.1 Å². The molecule has 1 fully saturated rings. The van der Waals surface area contributed by atoms with Gasteiger partial charge in [0, 0.05) is 20.6 Å². The highest BCUT2D eigenvalue weighted by Crippen LogP contribution is 2.35. The summed E-state index contributed by atoms with van der Waals surface area (Å²) in [6.07, 6.45) is -3.03. The Kier molecular flexibility index (Phi) is 5.03. The van der Waals surface area contributed by atoms with Crippen molar-refractivity contribution in [2.75, 3.05) is 37.5 Å². The molecule has 23 heavy (non-hydrogen) atoms. The Labute approximate surface area is 132 Å². The van der Waals surface area contributed by atoms with Crippen LogP contribution in [0.25, 0.3) is 0 Å². The summed E-state index contributed by atoms with van der Waals surface area (Å²) in [5.74, 6) is 0. The van der Waals surface area contributed by atoms with Gasteiger partial charge in [0.25, 0.3) is 0 Å². The van der Waals surface area contributed by atoms with Gasteiger partial charge in [0.05, 0.1) is 29.6 Å². The number of likely N-dealkylation sites (tertiary alicyclic amines) is 1. The summed E-state index contributed by atoms with van der Waals surface area (Å²) >= 11 is 0. The zero-order chi connectivity index (χ0) is 17.2. The highest BCUT2D eigenvalue weighted by atomic mass is 19.4. The Balaban J connectivity index is 2.28. The average molecular weight is 331 g/mol. The number of alkyl halides is 3. The van der Waals surface area contributed by atoms with E-state index in [2.05, 4.69) is 5.32 Å². The average Bonchev–Trinajstić information content (AvgIpc) is 2.94. The van der Waals surface area contributed by atoms with Crippen LogP contribution in [-0.4, -0.2) is 49.3 Å². The number of benzene rings is 1. The van der Waals surface area contributed by atoms with Gasteiger partial charge in [0.1, 0.15) is 0 Å². The van der Waals surface area contributed by atoms with Crippen LogP contribution in [0, 0.1) is 0 Å². The zero-order valence-corrected chi connectivity index (χ0v) is 13.0. The van der Waals surface area contributed by atoms with Crippen molar-refractivity contribution in [3.63, 3.8) is 0 Å². The number of hydrogen-bond acceptors (Lipinski definition) is 3. The molecule has 0 bridgehead atoms. The number of amides is 2. The lowest BCUT2D eigenvalue weighted by atomic mass is 10.1. The van der Waals surface area contributed by atoms with Crippen LogP contribution >= 0.6 is 0 Å². The Hall–Kier alpha value is -1.96. The van der Waals surface area contributed by atoms with Crippen LogP contribution in [0.3, 0.4) is 0 Å². The Morgan fingerprint density at radius 3 is 2.70 bits per heavy atom. The largest absolute Gasteiger partial charge is 0.416 e. The molecule has 0 saturated carbocycles. The van der Waals surface area contributed by atoms with Crippen LogP contribution in [0.2, 0.25) is 0 Å². The standard InChI is InChI=1S/C15H20F3N3O2/c1-20(2)13-6-5-10(15(16,17)18)8-12(13)19-14(23)21-7-3-4-11(21)9-22/h5-6,8,11,22H,3-4,7,9H2,1-2H3,(H,19,23)/t11-/m0/s1. The lowest BCUT2D eigenvalue weighted by Crippen LogP contribution is -2.40. The van der Waals surface area contributed by atoms with E-state index in [1.807, 2.05) is 0 Å². The van der Waals surface area contributed by atoms with Crippen LogP contribution in [-0.2, 0) is 6.18 Å². The number of anilines is 2. The third-order valence-corrected chi connectivity index (χ3v) is 3.90. The van der Waals surface area contributed by atoms with E-state index in [1.54, 1.807) is 19.0 Å². The summed E-state index contributed by atoms with van der Waals surface area (Å²) in [7, 11) is 3.37. The van der Waals surface area contributed by atoms with E-state index < -0.39 is 17.8 Å². The minimum absolute atomic E-state index is 0.0958. The van der Waals surface area contributed by atoms with Crippen molar-refractivity contribution in [1.82, 2.24) is 4.90 Å². The molecular weight excluding hydrogens is 311 g/mol. The molecule has 2 amide bonds. The summed E-state index contributed by atoms with van der Waals surface area (Å²) in [5.41, 5.74) is -0.247. The quantitative estimate of drug-likeness (QED) is 0.895. The number of carbonyl (C=O) groups is 1. The Morgan fingerprint density at radius 1 is 1.43 bits per heavy atom. The number of halogens is 3. The molecule has 1 atom stereocenters. The molecule has 0 unspecified atom stereocenters. The number of carbonyl (C=O) groups excluding carboxylic acids is 1. The molecular formula is C15H20F3N3O2. The van der Waals surface area contributed by atoms with E-state index in [0.717, 1.165) is 18.6 Å². The minimum Gasteiger partial charge on any atom is -0.394 e. The predicted octanol–water partition coefficient (Wildman–Crippen LogP) is 2.76. The van der Waals surface area contributed by atoms with Crippen molar-refractivity contribution < 1.29 is 23.1 Å². The number of aliphatic hydroxyl groups excluding tert-OH is 1. The van der Waals surface area contributed by atoms with Crippen LogP contribution in [0.5, 0.6) is 0 Å². The monoisotopic (exact) mass is 331 g/mol. The number of hydrogen-bond donors (Lipinski definition) is 2. The van der Waals surface area contributed by atoms with Gasteiger partial charge in [-0.15, -0.1) is 0 Å². The smallest absolute Gasteiger partial charge is 0.394 e. The van der Waals surface area contributed by atoms with Crippen molar-refractivity contribution in [1.29, 1.82) is 0 Å². The SMILES string of the molecule is CN(C)c1ccc(C(F)(F)F)cc1NC(=O)N1CCC[C@H]1CO. The van der Waals surface area contributed by atoms with Crippen LogP contribution in [0.4, 0.5) is 29.3 Å². The fraction of sp³-hybridized carbons (Fsp3) is 0.533. The molecule has 1 heterocycles. The lowest BCUT2D eigenvalue weighted by Gasteiger charge is -2.25. The van der Waals surface area contributed by atoms with Crippen molar-refractivity contribution in [2.24, 2.45) is 0 Å². The van der Waals surface area contributed by atoms with Crippen molar-refractivity contribution in [3.8, 4) is 0 Å². The third-order valence-electron chi connectivity index (χ3n) is 3.90. The predicted molar refractivity (Wildman–Crippen MR) is 81.6 cm³/mol. The second-order valence-electron chi connectivity index (χ2n) is 5.73. The summed E-state index contributed by atoms with van der Waals surface area (Å²) in [5, 5.41) is 11.8. The Morgan fingerprint density at radius 2 is 2.13 bits per heavy atom. The van der Waals surface area contributed by atoms with Gasteiger partial charge in [-0.1, -0.05) is 0 Å². The normalized spacial score (nSPS) is 18.2. The molecule has 0 aliphatic carbocycles. The Bertz CT molecular complexity index is 576. The van der Waals surface area contributed by atoms with E-state index in [-0.39, 0.29) is 18.3 Å². The van der Waals surface area contributed by atoms with Gasteiger partial charge in [-0.25, -0.2) is 4.79 Å². The van der Waals surface area contributed by atoms with Gasteiger partial charge in [0.15, 0.2) is 0 Å². The van der Waals surface area contributed by atoms with Crippen molar-refractivity contribution in [2.45, 2.75) is 25.1 Å². The number of aliphatic hydroxyl groups is 1. The first-order valence-corrected chi connectivity index (χ1v) is 7.31.